The lowest BCUT2D eigenvalue weighted by atomic mass is 10.1. The molecule has 0 aliphatic heterocycles. The molecule has 0 bridgehead atoms. The van der Waals surface area contributed by atoms with Crippen molar-refractivity contribution in [1.29, 1.82) is 0 Å². The van der Waals surface area contributed by atoms with E-state index in [0.717, 1.165) is 18.5 Å². The molecule has 0 aliphatic rings. The van der Waals surface area contributed by atoms with Gasteiger partial charge < -0.3 is 9.84 Å². The molecule has 0 saturated heterocycles. The fourth-order valence-corrected chi connectivity index (χ4v) is 2.71. The Kier molecular flexibility index (Phi) is 8.74. The number of phenolic OH excluding ortho intramolecular Hbond substituents is 1. The summed E-state index contributed by atoms with van der Waals surface area (Å²) in [4.78, 5) is 4.46. The summed E-state index contributed by atoms with van der Waals surface area (Å²) in [6.07, 6.45) is 9.92. The minimum Gasteiger partial charge on any atom is -0.507 e. The minimum atomic E-state index is 0.194. The zero-order chi connectivity index (χ0) is 18.6. The summed E-state index contributed by atoms with van der Waals surface area (Å²) >= 11 is 0. The molecule has 0 fully saturated rings. The summed E-state index contributed by atoms with van der Waals surface area (Å²) in [7, 11) is 0. The quantitative estimate of drug-likeness (QED) is 0.373. The molecular formula is C23H31NO2. The highest BCUT2D eigenvalue weighted by molar-refractivity contribution is 5.85. The normalized spacial score (nSPS) is 11.2. The number of nitrogens with zero attached hydrogens (tertiary/aromatic N) is 1. The minimum absolute atomic E-state index is 0.194. The van der Waals surface area contributed by atoms with Gasteiger partial charge in [-0.25, -0.2) is 0 Å². The van der Waals surface area contributed by atoms with E-state index >= 15 is 0 Å². The van der Waals surface area contributed by atoms with Gasteiger partial charge in [0.2, 0.25) is 0 Å². The predicted molar refractivity (Wildman–Crippen MR) is 110 cm³/mol. The number of rotatable bonds is 11. The molecule has 140 valence electrons. The van der Waals surface area contributed by atoms with Crippen molar-refractivity contribution in [1.82, 2.24) is 0 Å². The Hall–Kier alpha value is -2.29. The first-order chi connectivity index (χ1) is 12.7. The number of aromatic hydroxyl groups is 1. The number of ether oxygens (including phenoxy) is 1. The number of phenols is 1. The molecule has 0 aliphatic carbocycles. The van der Waals surface area contributed by atoms with Crippen molar-refractivity contribution in [2.75, 3.05) is 6.61 Å². The van der Waals surface area contributed by atoms with Gasteiger partial charge in [0.05, 0.1) is 12.3 Å². The topological polar surface area (TPSA) is 41.8 Å². The van der Waals surface area contributed by atoms with Gasteiger partial charge in [-0.05, 0) is 49.1 Å². The zero-order valence-corrected chi connectivity index (χ0v) is 16.1. The first-order valence-electron chi connectivity index (χ1n) is 9.81. The van der Waals surface area contributed by atoms with Gasteiger partial charge in [-0.1, -0.05) is 51.7 Å². The Balaban J connectivity index is 1.89. The van der Waals surface area contributed by atoms with Crippen LogP contribution in [0.15, 0.2) is 47.5 Å². The lowest BCUT2D eigenvalue weighted by molar-refractivity contribution is 0.303. The van der Waals surface area contributed by atoms with Crippen molar-refractivity contribution < 1.29 is 9.84 Å². The third-order valence-electron chi connectivity index (χ3n) is 4.38. The fourth-order valence-electron chi connectivity index (χ4n) is 2.71. The third kappa shape index (κ3) is 6.91. The van der Waals surface area contributed by atoms with Crippen molar-refractivity contribution in [2.45, 2.75) is 58.8 Å². The average molecular weight is 354 g/mol. The predicted octanol–water partition coefficient (Wildman–Crippen LogP) is 6.44. The second kappa shape index (κ2) is 11.3. The average Bonchev–Trinajstić information content (AvgIpc) is 2.66. The second-order valence-electron chi connectivity index (χ2n) is 6.66. The molecule has 0 unspecified atom stereocenters. The molecule has 0 aromatic heterocycles. The van der Waals surface area contributed by atoms with Crippen molar-refractivity contribution in [3.63, 3.8) is 0 Å². The number of aliphatic imine (C=N–C) groups is 1. The van der Waals surface area contributed by atoms with Crippen molar-refractivity contribution in [2.24, 2.45) is 4.99 Å². The molecule has 3 heteroatoms. The van der Waals surface area contributed by atoms with Gasteiger partial charge in [0.25, 0.3) is 0 Å². The maximum Gasteiger partial charge on any atom is 0.128 e. The van der Waals surface area contributed by atoms with Crippen LogP contribution in [0.3, 0.4) is 0 Å². The van der Waals surface area contributed by atoms with Gasteiger partial charge in [0.1, 0.15) is 11.5 Å². The Bertz CT molecular complexity index is 677. The van der Waals surface area contributed by atoms with E-state index in [1.54, 1.807) is 12.3 Å². The van der Waals surface area contributed by atoms with E-state index in [1.807, 2.05) is 24.3 Å². The van der Waals surface area contributed by atoms with Crippen molar-refractivity contribution in [3.05, 3.63) is 53.6 Å². The van der Waals surface area contributed by atoms with Gasteiger partial charge in [-0.2, -0.15) is 0 Å². The van der Waals surface area contributed by atoms with Crippen LogP contribution >= 0.6 is 0 Å². The molecule has 0 atom stereocenters. The Morgan fingerprint density at radius 3 is 2.38 bits per heavy atom. The molecular weight excluding hydrogens is 322 g/mol. The van der Waals surface area contributed by atoms with Crippen molar-refractivity contribution in [3.8, 4) is 11.5 Å². The van der Waals surface area contributed by atoms with Crippen molar-refractivity contribution >= 4 is 11.9 Å². The first kappa shape index (κ1) is 20.0. The number of hydrogen-bond donors (Lipinski definition) is 1. The number of benzene rings is 2. The smallest absolute Gasteiger partial charge is 0.128 e. The molecule has 0 spiro atoms. The van der Waals surface area contributed by atoms with E-state index in [2.05, 4.69) is 31.0 Å². The fraction of sp³-hybridized carbons (Fsp3) is 0.435. The summed E-state index contributed by atoms with van der Waals surface area (Å²) in [6.45, 7) is 5.09. The lowest BCUT2D eigenvalue weighted by Crippen LogP contribution is -1.97. The molecule has 3 nitrogen and oxygen atoms in total. The highest BCUT2D eigenvalue weighted by atomic mass is 16.5. The van der Waals surface area contributed by atoms with Crippen LogP contribution in [0, 0.1) is 0 Å². The van der Waals surface area contributed by atoms with Crippen LogP contribution in [-0.4, -0.2) is 17.9 Å². The SMILES string of the molecule is CCCCCCOc1ccc(C=Nc2ccc(CCCC)cc2)c(O)c1. The molecule has 2 aromatic carbocycles. The molecule has 26 heavy (non-hydrogen) atoms. The molecule has 1 N–H and O–H groups in total. The van der Waals surface area contributed by atoms with E-state index in [-0.39, 0.29) is 5.75 Å². The standard InChI is InChI=1S/C23H31NO2/c1-3-5-7-8-16-26-22-15-12-20(23(25)17-22)18-24-21-13-10-19(11-14-21)9-6-4-2/h10-15,17-18,25H,3-9,16H2,1-2H3. The van der Waals surface area contributed by atoms with E-state index in [1.165, 1.54) is 37.7 Å². The number of hydrogen-bond acceptors (Lipinski definition) is 3. The Morgan fingerprint density at radius 2 is 1.69 bits per heavy atom. The van der Waals surface area contributed by atoms with Gasteiger partial charge >= 0.3 is 0 Å². The van der Waals surface area contributed by atoms with Gasteiger partial charge in [-0.3, -0.25) is 4.99 Å². The van der Waals surface area contributed by atoms with E-state index < -0.39 is 0 Å². The molecule has 0 radical (unpaired) electrons. The summed E-state index contributed by atoms with van der Waals surface area (Å²) in [5, 5.41) is 10.2. The summed E-state index contributed by atoms with van der Waals surface area (Å²) in [5.41, 5.74) is 2.92. The van der Waals surface area contributed by atoms with Crippen LogP contribution in [-0.2, 0) is 6.42 Å². The zero-order valence-electron chi connectivity index (χ0n) is 16.1. The summed E-state index contributed by atoms with van der Waals surface area (Å²) in [6, 6.07) is 13.7. The Labute approximate surface area is 157 Å². The monoisotopic (exact) mass is 353 g/mol. The van der Waals surface area contributed by atoms with Crippen LogP contribution in [0.4, 0.5) is 5.69 Å². The maximum absolute atomic E-state index is 10.2. The van der Waals surface area contributed by atoms with Gasteiger partial charge in [-0.15, -0.1) is 0 Å². The largest absolute Gasteiger partial charge is 0.507 e. The van der Waals surface area contributed by atoms with Crippen LogP contribution in [0.2, 0.25) is 0 Å². The maximum atomic E-state index is 10.2. The summed E-state index contributed by atoms with van der Waals surface area (Å²) < 4.78 is 5.69. The van der Waals surface area contributed by atoms with Crippen LogP contribution in [0.25, 0.3) is 0 Å². The number of aryl methyl sites for hydroxylation is 1. The molecule has 2 aromatic rings. The van der Waals surface area contributed by atoms with Gasteiger partial charge in [0, 0.05) is 17.8 Å². The highest BCUT2D eigenvalue weighted by Crippen LogP contribution is 2.23. The Morgan fingerprint density at radius 1 is 0.923 bits per heavy atom. The summed E-state index contributed by atoms with van der Waals surface area (Å²) in [5.74, 6) is 0.899. The lowest BCUT2D eigenvalue weighted by Gasteiger charge is -2.07. The van der Waals surface area contributed by atoms with Crippen LogP contribution in [0.5, 0.6) is 11.5 Å². The molecule has 0 heterocycles. The highest BCUT2D eigenvalue weighted by Gasteiger charge is 2.02. The van der Waals surface area contributed by atoms with Crippen LogP contribution < -0.4 is 4.74 Å². The second-order valence-corrected chi connectivity index (χ2v) is 6.66. The number of unbranched alkanes of at least 4 members (excludes halogenated alkanes) is 4. The van der Waals surface area contributed by atoms with Crippen LogP contribution in [0.1, 0.15) is 63.5 Å². The van der Waals surface area contributed by atoms with Gasteiger partial charge in [0.15, 0.2) is 0 Å². The van der Waals surface area contributed by atoms with E-state index in [0.29, 0.717) is 17.9 Å². The molecule has 0 amide bonds. The molecule has 2 rings (SSSR count). The van der Waals surface area contributed by atoms with E-state index in [9.17, 15) is 5.11 Å². The van der Waals surface area contributed by atoms with E-state index in [4.69, 9.17) is 4.74 Å². The molecule has 0 saturated carbocycles. The first-order valence-corrected chi connectivity index (χ1v) is 9.81. The third-order valence-corrected chi connectivity index (χ3v) is 4.38.